The third kappa shape index (κ3) is 1.37. The molecule has 0 amide bonds. The van der Waals surface area contributed by atoms with Crippen LogP contribution >= 0.6 is 0 Å². The molecular weight excluding hydrogens is 224 g/mol. The maximum atomic E-state index is 5.94. The second-order valence-corrected chi connectivity index (χ2v) is 6.41. The first-order valence-electron chi connectivity index (χ1n) is 6.83. The van der Waals surface area contributed by atoms with Gasteiger partial charge in [-0.3, -0.25) is 0 Å². The minimum atomic E-state index is 0.0121. The molecule has 0 aromatic heterocycles. The number of fused-ring (bicyclic) bond motifs is 3. The monoisotopic (exact) mass is 243 g/mol. The summed E-state index contributed by atoms with van der Waals surface area (Å²) in [6.07, 6.45) is 2.30. The number of rotatable bonds is 1. The second-order valence-electron chi connectivity index (χ2n) is 6.41. The molecule has 1 aromatic carbocycles. The molecule has 3 aliphatic rings. The third-order valence-corrected chi connectivity index (χ3v) is 4.98. The molecule has 0 saturated carbocycles. The molecule has 0 radical (unpaired) electrons. The highest BCUT2D eigenvalue weighted by molar-refractivity contribution is 6.01. The van der Waals surface area contributed by atoms with Crippen molar-refractivity contribution in [3.8, 4) is 0 Å². The van der Waals surface area contributed by atoms with Gasteiger partial charge in [-0.05, 0) is 5.56 Å². The minimum Gasteiger partial charge on any atom is -0.382 e. The van der Waals surface area contributed by atoms with E-state index in [1.165, 1.54) is 29.6 Å². The fourth-order valence-electron chi connectivity index (χ4n) is 4.11. The summed E-state index contributed by atoms with van der Waals surface area (Å²) in [7, 11) is 2.36. The Morgan fingerprint density at radius 1 is 1.33 bits per heavy atom. The van der Waals surface area contributed by atoms with Gasteiger partial charge in [0.05, 0.1) is 31.8 Å². The van der Waals surface area contributed by atoms with Gasteiger partial charge < -0.3 is 9.32 Å². The van der Waals surface area contributed by atoms with Crippen molar-refractivity contribution in [2.75, 3.05) is 26.7 Å². The molecule has 2 saturated heterocycles. The van der Waals surface area contributed by atoms with Gasteiger partial charge in [0.2, 0.25) is 0 Å². The van der Waals surface area contributed by atoms with Crippen LogP contribution in [-0.2, 0) is 4.84 Å². The maximum Gasteiger partial charge on any atom is 0.199 e. The first-order chi connectivity index (χ1) is 8.69. The summed E-state index contributed by atoms with van der Waals surface area (Å²) in [5, 5.41) is 4.40. The molecule has 0 N–H and O–H groups in total. The Hall–Kier alpha value is -1.35. The van der Waals surface area contributed by atoms with Crippen LogP contribution < -0.4 is 0 Å². The van der Waals surface area contributed by atoms with Crippen LogP contribution in [0.5, 0.6) is 0 Å². The highest BCUT2D eigenvalue weighted by Crippen LogP contribution is 2.47. The van der Waals surface area contributed by atoms with Crippen LogP contribution in [0.4, 0.5) is 0 Å². The molecule has 3 unspecified atom stereocenters. The Labute approximate surface area is 108 Å². The molecule has 3 heterocycles. The lowest BCUT2D eigenvalue weighted by atomic mass is 9.82. The molecule has 3 aliphatic heterocycles. The molecule has 4 rings (SSSR count). The zero-order valence-electron chi connectivity index (χ0n) is 10.8. The average Bonchev–Trinajstić information content (AvgIpc) is 3.03. The van der Waals surface area contributed by atoms with Crippen molar-refractivity contribution in [2.24, 2.45) is 11.1 Å². The van der Waals surface area contributed by atoms with Crippen molar-refractivity contribution >= 4 is 5.71 Å². The molecule has 2 bridgehead atoms. The predicted molar refractivity (Wildman–Crippen MR) is 70.3 cm³/mol. The second kappa shape index (κ2) is 3.35. The Morgan fingerprint density at radius 2 is 2.17 bits per heavy atom. The summed E-state index contributed by atoms with van der Waals surface area (Å²) in [5.74, 6) is 0.701. The van der Waals surface area contributed by atoms with E-state index in [9.17, 15) is 0 Å². The summed E-state index contributed by atoms with van der Waals surface area (Å²) in [6.45, 7) is 3.73. The first-order valence-corrected chi connectivity index (χ1v) is 6.83. The fraction of sp³-hybridized carbons (Fsp3) is 0.533. The summed E-state index contributed by atoms with van der Waals surface area (Å²) >= 11 is 0. The van der Waals surface area contributed by atoms with Crippen LogP contribution in [0.25, 0.3) is 0 Å². The number of hydrogen-bond donors (Lipinski definition) is 0. The summed E-state index contributed by atoms with van der Waals surface area (Å²) < 4.78 is 1.18. The number of nitrogens with zero attached hydrogens (tertiary/aromatic N) is 2. The highest BCUT2D eigenvalue weighted by Gasteiger charge is 2.62. The van der Waals surface area contributed by atoms with Gasteiger partial charge in [0.25, 0.3) is 0 Å². The van der Waals surface area contributed by atoms with Crippen LogP contribution in [-0.4, -0.2) is 42.5 Å². The Kier molecular flexibility index (Phi) is 1.97. The maximum absolute atomic E-state index is 5.94. The Morgan fingerprint density at radius 3 is 2.83 bits per heavy atom. The topological polar surface area (TPSA) is 21.6 Å². The first kappa shape index (κ1) is 10.6. The van der Waals surface area contributed by atoms with Gasteiger partial charge in [0.1, 0.15) is 6.54 Å². The van der Waals surface area contributed by atoms with Crippen molar-refractivity contribution < 1.29 is 9.32 Å². The molecule has 1 aromatic rings. The van der Waals surface area contributed by atoms with Gasteiger partial charge in [0.15, 0.2) is 5.60 Å². The zero-order chi connectivity index (χ0) is 12.2. The van der Waals surface area contributed by atoms with Crippen LogP contribution in [0.1, 0.15) is 18.4 Å². The van der Waals surface area contributed by atoms with Crippen molar-refractivity contribution in [2.45, 2.75) is 18.4 Å². The number of likely N-dealkylation sites (N-methyl/N-ethyl adjacent to an activating group) is 1. The lowest BCUT2D eigenvalue weighted by Crippen LogP contribution is -2.49. The quantitative estimate of drug-likeness (QED) is 0.692. The van der Waals surface area contributed by atoms with Crippen LogP contribution in [0.3, 0.4) is 0 Å². The van der Waals surface area contributed by atoms with Gasteiger partial charge in [-0.1, -0.05) is 35.5 Å². The van der Waals surface area contributed by atoms with Crippen molar-refractivity contribution in [1.29, 1.82) is 0 Å². The Balaban J connectivity index is 1.60. The van der Waals surface area contributed by atoms with Gasteiger partial charge in [-0.25, -0.2) is 0 Å². The summed E-state index contributed by atoms with van der Waals surface area (Å²) in [4.78, 5) is 5.94. The molecule has 18 heavy (non-hydrogen) atoms. The molecule has 3 heteroatoms. The normalized spacial score (nSPS) is 41.2. The van der Waals surface area contributed by atoms with E-state index in [1.807, 2.05) is 6.07 Å². The van der Waals surface area contributed by atoms with Crippen molar-refractivity contribution in [1.82, 2.24) is 0 Å². The number of benzene rings is 1. The summed E-state index contributed by atoms with van der Waals surface area (Å²) in [6, 6.07) is 10.4. The largest absolute Gasteiger partial charge is 0.382 e. The van der Waals surface area contributed by atoms with Crippen molar-refractivity contribution in [3.63, 3.8) is 0 Å². The van der Waals surface area contributed by atoms with E-state index in [-0.39, 0.29) is 5.60 Å². The van der Waals surface area contributed by atoms with Gasteiger partial charge >= 0.3 is 0 Å². The molecule has 3 nitrogen and oxygen atoms in total. The molecule has 1 spiro atoms. The smallest absolute Gasteiger partial charge is 0.199 e. The Bertz CT molecular complexity index is 512. The molecular formula is C15H19N2O+. The number of quaternary nitrogens is 1. The average molecular weight is 243 g/mol. The van der Waals surface area contributed by atoms with E-state index < -0.39 is 0 Å². The van der Waals surface area contributed by atoms with Gasteiger partial charge in [-0.15, -0.1) is 0 Å². The van der Waals surface area contributed by atoms with E-state index in [4.69, 9.17) is 4.84 Å². The minimum absolute atomic E-state index is 0.0121. The highest BCUT2D eigenvalue weighted by atomic mass is 16.7. The molecule has 2 fully saturated rings. The van der Waals surface area contributed by atoms with E-state index in [0.717, 1.165) is 18.7 Å². The third-order valence-electron chi connectivity index (χ3n) is 4.98. The standard InChI is InChI=1S/C15H19N2O/c1-17-8-7-13(10-17)15(11-17)9-14(16-18-15)12-5-3-2-4-6-12/h2-6,13H,7-11H2,1H3/q+1. The SMILES string of the molecule is C[N+]12CCC(C1)C1(CC(c3ccccc3)=NO1)C2. The van der Waals surface area contributed by atoms with Gasteiger partial charge in [0, 0.05) is 12.8 Å². The van der Waals surface area contributed by atoms with Crippen molar-refractivity contribution in [3.05, 3.63) is 35.9 Å². The van der Waals surface area contributed by atoms with E-state index >= 15 is 0 Å². The van der Waals surface area contributed by atoms with Gasteiger partial charge in [-0.2, -0.15) is 0 Å². The molecule has 3 atom stereocenters. The lowest BCUT2D eigenvalue weighted by Gasteiger charge is -2.33. The summed E-state index contributed by atoms with van der Waals surface area (Å²) in [5.41, 5.74) is 2.36. The number of oxime groups is 1. The number of piperidine rings is 1. The van der Waals surface area contributed by atoms with Crippen LogP contribution in [0.2, 0.25) is 0 Å². The molecule has 0 aliphatic carbocycles. The van der Waals surface area contributed by atoms with E-state index in [1.54, 1.807) is 0 Å². The van der Waals surface area contributed by atoms with E-state index in [0.29, 0.717) is 5.92 Å². The van der Waals surface area contributed by atoms with E-state index in [2.05, 4.69) is 36.5 Å². The molecule has 94 valence electrons. The lowest BCUT2D eigenvalue weighted by molar-refractivity contribution is -0.893. The zero-order valence-corrected chi connectivity index (χ0v) is 10.8. The fourth-order valence-corrected chi connectivity index (χ4v) is 4.11. The van der Waals surface area contributed by atoms with Crippen LogP contribution in [0, 0.1) is 5.92 Å². The van der Waals surface area contributed by atoms with Crippen LogP contribution in [0.15, 0.2) is 35.5 Å². The number of hydrogen-bond acceptors (Lipinski definition) is 2. The predicted octanol–water partition coefficient (Wildman–Crippen LogP) is 2.03.